The van der Waals surface area contributed by atoms with Crippen LogP contribution in [0.3, 0.4) is 0 Å². The van der Waals surface area contributed by atoms with Gasteiger partial charge < -0.3 is 9.40 Å². The summed E-state index contributed by atoms with van der Waals surface area (Å²) in [5.41, 5.74) is 8.71. The molecule has 3 aromatic carbocycles. The first-order valence-electron chi connectivity index (χ1n) is 9.62. The van der Waals surface area contributed by atoms with E-state index < -0.39 is 0 Å². The third kappa shape index (κ3) is 3.44. The molecule has 0 atom stereocenters. The minimum atomic E-state index is 0.570. The van der Waals surface area contributed by atoms with Gasteiger partial charge in [0.25, 0.3) is 0 Å². The SMILES string of the molecule is Cc1ccc(-c2c/c(=N\Nc3nc4ccccc4[nH]3)c3cc(Cl)c(C)cc3o2)cc1. The third-order valence-corrected chi connectivity index (χ3v) is 5.44. The van der Waals surface area contributed by atoms with Gasteiger partial charge in [-0.3, -0.25) is 0 Å². The number of fused-ring (bicyclic) bond motifs is 2. The van der Waals surface area contributed by atoms with Crippen molar-refractivity contribution in [1.29, 1.82) is 0 Å². The van der Waals surface area contributed by atoms with Crippen molar-refractivity contribution < 1.29 is 4.42 Å². The molecule has 0 aliphatic heterocycles. The van der Waals surface area contributed by atoms with Crippen molar-refractivity contribution >= 4 is 39.6 Å². The highest BCUT2D eigenvalue weighted by atomic mass is 35.5. The summed E-state index contributed by atoms with van der Waals surface area (Å²) >= 11 is 6.38. The summed E-state index contributed by atoms with van der Waals surface area (Å²) < 4.78 is 6.19. The summed E-state index contributed by atoms with van der Waals surface area (Å²) in [6, 6.07) is 21.8. The van der Waals surface area contributed by atoms with Crippen LogP contribution in [0.15, 0.2) is 76.2 Å². The summed E-state index contributed by atoms with van der Waals surface area (Å²) in [5, 5.41) is 6.82. The predicted octanol–water partition coefficient (Wildman–Crippen LogP) is 6.17. The highest BCUT2D eigenvalue weighted by Crippen LogP contribution is 2.26. The number of H-pyrrole nitrogens is 1. The molecule has 30 heavy (non-hydrogen) atoms. The van der Waals surface area contributed by atoms with Crippen LogP contribution in [0.5, 0.6) is 0 Å². The van der Waals surface area contributed by atoms with E-state index >= 15 is 0 Å². The summed E-state index contributed by atoms with van der Waals surface area (Å²) in [5.74, 6) is 1.30. The van der Waals surface area contributed by atoms with Crippen molar-refractivity contribution in [3.63, 3.8) is 0 Å². The van der Waals surface area contributed by atoms with Gasteiger partial charge in [0.1, 0.15) is 11.3 Å². The zero-order valence-corrected chi connectivity index (χ0v) is 17.3. The number of hydrogen-bond donors (Lipinski definition) is 2. The number of nitrogens with zero attached hydrogens (tertiary/aromatic N) is 2. The standard InChI is InChI=1S/C24H19ClN4O/c1-14-7-9-16(10-8-14)22-13-21(17-12-18(25)15(2)11-23(17)30-22)28-29-24-26-19-5-3-4-6-20(19)27-24/h3-13H,1-2H3,(H2,26,27,29)/b28-21+. The molecule has 6 heteroatoms. The van der Waals surface area contributed by atoms with E-state index in [4.69, 9.17) is 16.0 Å². The van der Waals surface area contributed by atoms with Crippen molar-refractivity contribution in [3.05, 3.63) is 88.2 Å². The molecule has 2 aromatic heterocycles. The minimum Gasteiger partial charge on any atom is -0.456 e. The fourth-order valence-electron chi connectivity index (χ4n) is 3.36. The number of rotatable bonds is 3. The summed E-state index contributed by atoms with van der Waals surface area (Å²) in [4.78, 5) is 7.74. The molecule has 0 aliphatic rings. The molecule has 0 saturated carbocycles. The normalized spacial score (nSPS) is 12.0. The van der Waals surface area contributed by atoms with E-state index in [1.165, 1.54) is 5.56 Å². The van der Waals surface area contributed by atoms with Gasteiger partial charge in [0.15, 0.2) is 0 Å². The van der Waals surface area contributed by atoms with E-state index in [2.05, 4.69) is 39.6 Å². The zero-order valence-electron chi connectivity index (χ0n) is 16.5. The second-order valence-electron chi connectivity index (χ2n) is 7.29. The lowest BCUT2D eigenvalue weighted by Gasteiger charge is -2.07. The molecule has 0 radical (unpaired) electrons. The number of benzene rings is 3. The molecule has 0 fully saturated rings. The van der Waals surface area contributed by atoms with Crippen molar-refractivity contribution in [3.8, 4) is 11.3 Å². The summed E-state index contributed by atoms with van der Waals surface area (Å²) in [6.07, 6.45) is 0. The Morgan fingerprint density at radius 1 is 1.00 bits per heavy atom. The minimum absolute atomic E-state index is 0.570. The molecule has 148 valence electrons. The molecule has 0 amide bonds. The van der Waals surface area contributed by atoms with Crippen LogP contribution < -0.4 is 10.8 Å². The van der Waals surface area contributed by atoms with Crippen LogP contribution in [0.2, 0.25) is 5.02 Å². The fourth-order valence-corrected chi connectivity index (χ4v) is 3.52. The van der Waals surface area contributed by atoms with E-state index in [1.807, 2.05) is 61.5 Å². The molecule has 0 spiro atoms. The molecule has 5 nitrogen and oxygen atoms in total. The van der Waals surface area contributed by atoms with E-state index in [9.17, 15) is 0 Å². The van der Waals surface area contributed by atoms with Crippen molar-refractivity contribution in [2.45, 2.75) is 13.8 Å². The van der Waals surface area contributed by atoms with E-state index in [0.29, 0.717) is 16.3 Å². The number of para-hydroxylation sites is 2. The monoisotopic (exact) mass is 414 g/mol. The molecular weight excluding hydrogens is 396 g/mol. The van der Waals surface area contributed by atoms with Crippen LogP contribution in [-0.4, -0.2) is 9.97 Å². The quantitative estimate of drug-likeness (QED) is 0.347. The molecule has 5 aromatic rings. The maximum Gasteiger partial charge on any atom is 0.222 e. The van der Waals surface area contributed by atoms with Gasteiger partial charge in [0.05, 0.1) is 16.4 Å². The summed E-state index contributed by atoms with van der Waals surface area (Å²) in [6.45, 7) is 4.02. The van der Waals surface area contributed by atoms with Crippen molar-refractivity contribution in [1.82, 2.24) is 9.97 Å². The number of anilines is 1. The Bertz CT molecular complexity index is 1420. The average molecular weight is 415 g/mol. The highest BCUT2D eigenvalue weighted by molar-refractivity contribution is 6.32. The van der Waals surface area contributed by atoms with Crippen LogP contribution in [0.1, 0.15) is 11.1 Å². The molecule has 2 heterocycles. The van der Waals surface area contributed by atoms with Gasteiger partial charge in [-0.15, -0.1) is 0 Å². The van der Waals surface area contributed by atoms with Gasteiger partial charge >= 0.3 is 0 Å². The molecular formula is C24H19ClN4O. The Hall–Kier alpha value is -3.57. The number of imidazole rings is 1. The largest absolute Gasteiger partial charge is 0.456 e. The molecule has 0 bridgehead atoms. The maximum atomic E-state index is 6.38. The van der Waals surface area contributed by atoms with Gasteiger partial charge in [-0.25, -0.2) is 10.4 Å². The van der Waals surface area contributed by atoms with Crippen LogP contribution >= 0.6 is 11.6 Å². The van der Waals surface area contributed by atoms with Crippen molar-refractivity contribution in [2.24, 2.45) is 5.10 Å². The molecule has 0 aliphatic carbocycles. The maximum absolute atomic E-state index is 6.38. The highest BCUT2D eigenvalue weighted by Gasteiger charge is 2.09. The molecule has 0 unspecified atom stereocenters. The predicted molar refractivity (Wildman–Crippen MR) is 121 cm³/mol. The van der Waals surface area contributed by atoms with E-state index in [1.54, 1.807) is 0 Å². The number of nitrogens with one attached hydrogen (secondary N) is 2. The van der Waals surface area contributed by atoms with Gasteiger partial charge in [-0.1, -0.05) is 53.6 Å². The molecule has 5 rings (SSSR count). The Labute approximate surface area is 178 Å². The van der Waals surface area contributed by atoms with Crippen LogP contribution in [0.25, 0.3) is 33.3 Å². The average Bonchev–Trinajstić information content (AvgIpc) is 3.16. The zero-order chi connectivity index (χ0) is 20.7. The molecule has 2 N–H and O–H groups in total. The lowest BCUT2D eigenvalue weighted by Crippen LogP contribution is -2.08. The Kier molecular flexibility index (Phi) is 4.52. The van der Waals surface area contributed by atoms with Gasteiger partial charge in [-0.05, 0) is 43.7 Å². The second kappa shape index (κ2) is 7.35. The fraction of sp³-hybridized carbons (Fsp3) is 0.0833. The van der Waals surface area contributed by atoms with Gasteiger partial charge in [0.2, 0.25) is 5.95 Å². The van der Waals surface area contributed by atoms with E-state index in [-0.39, 0.29) is 0 Å². The first-order chi connectivity index (χ1) is 14.6. The number of halogens is 1. The van der Waals surface area contributed by atoms with Crippen LogP contribution in [-0.2, 0) is 0 Å². The topological polar surface area (TPSA) is 66.2 Å². The van der Waals surface area contributed by atoms with Crippen molar-refractivity contribution in [2.75, 3.05) is 5.43 Å². The van der Waals surface area contributed by atoms with Crippen LogP contribution in [0.4, 0.5) is 5.95 Å². The Morgan fingerprint density at radius 3 is 2.60 bits per heavy atom. The Balaban J connectivity index is 1.66. The summed E-state index contributed by atoms with van der Waals surface area (Å²) in [7, 11) is 0. The third-order valence-electron chi connectivity index (χ3n) is 5.03. The van der Waals surface area contributed by atoms with Crippen LogP contribution in [0, 0.1) is 13.8 Å². The molecule has 0 saturated heterocycles. The van der Waals surface area contributed by atoms with Gasteiger partial charge in [0, 0.05) is 22.0 Å². The lowest BCUT2D eigenvalue weighted by molar-refractivity contribution is 0.618. The number of aryl methyl sites for hydroxylation is 2. The second-order valence-corrected chi connectivity index (χ2v) is 7.69. The Morgan fingerprint density at radius 2 is 1.80 bits per heavy atom. The number of aromatic nitrogens is 2. The van der Waals surface area contributed by atoms with E-state index in [0.717, 1.165) is 38.9 Å². The number of hydrogen-bond acceptors (Lipinski definition) is 4. The lowest BCUT2D eigenvalue weighted by atomic mass is 10.1. The first kappa shape index (κ1) is 18.5. The van der Waals surface area contributed by atoms with Gasteiger partial charge in [-0.2, -0.15) is 5.10 Å². The smallest absolute Gasteiger partial charge is 0.222 e. The first-order valence-corrected chi connectivity index (χ1v) is 10.0. The number of aromatic amines is 1.